The summed E-state index contributed by atoms with van der Waals surface area (Å²) in [4.78, 5) is 5.58. The highest BCUT2D eigenvalue weighted by Crippen LogP contribution is 2.45. The average molecular weight is 460 g/mol. The van der Waals surface area contributed by atoms with Crippen molar-refractivity contribution in [2.45, 2.75) is 37.5 Å². The summed E-state index contributed by atoms with van der Waals surface area (Å²) in [6.07, 6.45) is 0.737. The first kappa shape index (κ1) is 23.0. The fraction of sp³-hybridized carbons (Fsp3) is 0.320. The lowest BCUT2D eigenvalue weighted by Gasteiger charge is -2.42. The van der Waals surface area contributed by atoms with Gasteiger partial charge in [0.05, 0.1) is 12.7 Å². The van der Waals surface area contributed by atoms with Crippen LogP contribution in [0.2, 0.25) is 0 Å². The van der Waals surface area contributed by atoms with Crippen molar-refractivity contribution in [3.8, 4) is 11.5 Å². The molecule has 3 aromatic rings. The molecule has 0 spiro atoms. The first-order valence-corrected chi connectivity index (χ1v) is 10.5. The standard InChI is InChI=1S/C25H24F4N2O2/c1-23(2,20-14-18(26)9-10-19(20)22-30-11-13-33-22)15-24(32,25(27,28)29)16-31-12-5-7-17-6-3-4-8-21(17)31/h3-11,13-14,32H,12,15-16H2,1-2H3. The van der Waals surface area contributed by atoms with E-state index in [0.717, 1.165) is 5.56 Å². The van der Waals surface area contributed by atoms with Gasteiger partial charge in [0.2, 0.25) is 5.89 Å². The molecule has 0 saturated carbocycles. The summed E-state index contributed by atoms with van der Waals surface area (Å²) in [5.74, 6) is -0.428. The molecule has 33 heavy (non-hydrogen) atoms. The van der Waals surface area contributed by atoms with Crippen molar-refractivity contribution < 1.29 is 27.1 Å². The second-order valence-electron chi connectivity index (χ2n) is 8.96. The van der Waals surface area contributed by atoms with Crippen LogP contribution in [-0.4, -0.2) is 35.0 Å². The van der Waals surface area contributed by atoms with Gasteiger partial charge in [-0.3, -0.25) is 0 Å². The van der Waals surface area contributed by atoms with Crippen LogP contribution < -0.4 is 4.90 Å². The van der Waals surface area contributed by atoms with E-state index in [9.17, 15) is 22.7 Å². The number of hydrogen-bond acceptors (Lipinski definition) is 4. The van der Waals surface area contributed by atoms with Gasteiger partial charge in [0.1, 0.15) is 12.1 Å². The molecule has 0 amide bonds. The number of β-amino-alcohol motifs (C(OH)–C–C–N with tert-alkyl or cyclic N) is 1. The summed E-state index contributed by atoms with van der Waals surface area (Å²) < 4.78 is 62.5. The van der Waals surface area contributed by atoms with E-state index >= 15 is 0 Å². The van der Waals surface area contributed by atoms with Gasteiger partial charge in [0, 0.05) is 17.8 Å². The Morgan fingerprint density at radius 2 is 1.88 bits per heavy atom. The fourth-order valence-electron chi connectivity index (χ4n) is 4.48. The van der Waals surface area contributed by atoms with Crippen molar-refractivity contribution in [1.82, 2.24) is 4.98 Å². The van der Waals surface area contributed by atoms with E-state index in [1.165, 1.54) is 35.6 Å². The van der Waals surface area contributed by atoms with E-state index in [1.54, 1.807) is 38.1 Å². The lowest BCUT2D eigenvalue weighted by molar-refractivity contribution is -0.262. The summed E-state index contributed by atoms with van der Waals surface area (Å²) >= 11 is 0. The van der Waals surface area contributed by atoms with Crippen molar-refractivity contribution >= 4 is 11.8 Å². The first-order chi connectivity index (χ1) is 15.5. The van der Waals surface area contributed by atoms with Crippen LogP contribution in [0.4, 0.5) is 23.2 Å². The maximum absolute atomic E-state index is 14.3. The third-order valence-corrected chi connectivity index (χ3v) is 5.99. The summed E-state index contributed by atoms with van der Waals surface area (Å²) in [5, 5.41) is 11.1. The lowest BCUT2D eigenvalue weighted by atomic mass is 9.73. The molecule has 0 saturated heterocycles. The summed E-state index contributed by atoms with van der Waals surface area (Å²) in [7, 11) is 0. The highest BCUT2D eigenvalue weighted by atomic mass is 19.4. The third kappa shape index (κ3) is 4.53. The molecule has 2 heterocycles. The Bertz CT molecular complexity index is 1160. The normalized spacial score (nSPS) is 15.9. The van der Waals surface area contributed by atoms with Crippen LogP contribution in [0.25, 0.3) is 17.5 Å². The van der Waals surface area contributed by atoms with Gasteiger partial charge in [-0.15, -0.1) is 0 Å². The molecule has 1 aliphatic heterocycles. The van der Waals surface area contributed by atoms with Crippen LogP contribution in [0.1, 0.15) is 31.4 Å². The number of alkyl halides is 3. The van der Waals surface area contributed by atoms with Crippen molar-refractivity contribution in [2.24, 2.45) is 0 Å². The van der Waals surface area contributed by atoms with E-state index in [-0.39, 0.29) is 18.0 Å². The second kappa shape index (κ2) is 8.33. The number of anilines is 1. The number of para-hydroxylation sites is 1. The zero-order valence-electron chi connectivity index (χ0n) is 18.2. The van der Waals surface area contributed by atoms with Crippen LogP contribution in [0.15, 0.2) is 65.4 Å². The number of aliphatic hydroxyl groups is 1. The minimum atomic E-state index is -4.92. The Morgan fingerprint density at radius 1 is 1.12 bits per heavy atom. The highest BCUT2D eigenvalue weighted by Gasteiger charge is 2.57. The van der Waals surface area contributed by atoms with Crippen LogP contribution >= 0.6 is 0 Å². The Hall–Kier alpha value is -3.13. The van der Waals surface area contributed by atoms with Gasteiger partial charge in [-0.1, -0.05) is 44.2 Å². The highest BCUT2D eigenvalue weighted by molar-refractivity contribution is 5.71. The molecule has 0 fully saturated rings. The number of rotatable bonds is 6. The lowest BCUT2D eigenvalue weighted by Crippen LogP contribution is -2.56. The van der Waals surface area contributed by atoms with E-state index < -0.39 is 36.0 Å². The van der Waals surface area contributed by atoms with Gasteiger partial charge < -0.3 is 14.4 Å². The van der Waals surface area contributed by atoms with Crippen molar-refractivity contribution in [2.75, 3.05) is 18.0 Å². The molecule has 1 atom stereocenters. The molecule has 0 radical (unpaired) electrons. The zero-order valence-corrected chi connectivity index (χ0v) is 18.2. The number of nitrogens with zero attached hydrogens (tertiary/aromatic N) is 2. The van der Waals surface area contributed by atoms with Gasteiger partial charge in [-0.2, -0.15) is 13.2 Å². The SMILES string of the molecule is CC(C)(CC(O)(CN1CC=Cc2ccccc21)C(F)(F)F)c1cc(F)ccc1-c1ncco1. The maximum atomic E-state index is 14.3. The Kier molecular flexibility index (Phi) is 5.82. The zero-order chi connectivity index (χ0) is 23.9. The molecular weight excluding hydrogens is 436 g/mol. The van der Waals surface area contributed by atoms with Crippen LogP contribution in [0.3, 0.4) is 0 Å². The van der Waals surface area contributed by atoms with Crippen molar-refractivity contribution in [1.29, 1.82) is 0 Å². The van der Waals surface area contributed by atoms with Gasteiger partial charge in [0.15, 0.2) is 5.60 Å². The molecule has 0 aliphatic carbocycles. The van der Waals surface area contributed by atoms with E-state index in [2.05, 4.69) is 4.98 Å². The van der Waals surface area contributed by atoms with E-state index in [4.69, 9.17) is 4.42 Å². The monoisotopic (exact) mass is 460 g/mol. The molecule has 1 unspecified atom stereocenters. The van der Waals surface area contributed by atoms with Gasteiger partial charge in [-0.05, 0) is 47.2 Å². The molecule has 1 aromatic heterocycles. The minimum absolute atomic E-state index is 0.170. The van der Waals surface area contributed by atoms with Gasteiger partial charge in [-0.25, -0.2) is 9.37 Å². The largest absolute Gasteiger partial charge is 0.445 e. The molecule has 8 heteroatoms. The summed E-state index contributed by atoms with van der Waals surface area (Å²) in [6, 6.07) is 10.9. The van der Waals surface area contributed by atoms with Gasteiger partial charge >= 0.3 is 6.18 Å². The number of halogens is 4. The average Bonchev–Trinajstić information content (AvgIpc) is 3.27. The molecule has 2 aromatic carbocycles. The number of aromatic nitrogens is 1. The summed E-state index contributed by atoms with van der Waals surface area (Å²) in [6.45, 7) is 2.67. The van der Waals surface area contributed by atoms with E-state index in [0.29, 0.717) is 11.3 Å². The number of benzene rings is 2. The maximum Gasteiger partial charge on any atom is 0.418 e. The minimum Gasteiger partial charge on any atom is -0.445 e. The van der Waals surface area contributed by atoms with Crippen LogP contribution in [0.5, 0.6) is 0 Å². The molecule has 174 valence electrons. The van der Waals surface area contributed by atoms with Crippen molar-refractivity contribution in [3.05, 3.63) is 77.9 Å². The predicted molar refractivity (Wildman–Crippen MR) is 118 cm³/mol. The fourth-order valence-corrected chi connectivity index (χ4v) is 4.48. The summed E-state index contributed by atoms with van der Waals surface area (Å²) in [5.41, 5.74) is -2.29. The first-order valence-electron chi connectivity index (χ1n) is 10.5. The Labute approximate surface area is 189 Å². The molecule has 4 rings (SSSR count). The Morgan fingerprint density at radius 3 is 2.58 bits per heavy atom. The Balaban J connectivity index is 1.71. The van der Waals surface area contributed by atoms with Crippen LogP contribution in [0, 0.1) is 5.82 Å². The van der Waals surface area contributed by atoms with Crippen LogP contribution in [-0.2, 0) is 5.41 Å². The van der Waals surface area contributed by atoms with E-state index in [1.807, 2.05) is 12.1 Å². The predicted octanol–water partition coefficient (Wildman–Crippen LogP) is 5.98. The molecule has 1 N–H and O–H groups in total. The number of fused-ring (bicyclic) bond motifs is 1. The second-order valence-corrected chi connectivity index (χ2v) is 8.96. The third-order valence-electron chi connectivity index (χ3n) is 5.99. The molecular formula is C25H24F4N2O2. The number of hydrogen-bond donors (Lipinski definition) is 1. The van der Waals surface area contributed by atoms with Crippen molar-refractivity contribution in [3.63, 3.8) is 0 Å². The number of oxazole rings is 1. The smallest absolute Gasteiger partial charge is 0.418 e. The molecule has 0 bridgehead atoms. The molecule has 4 nitrogen and oxygen atoms in total. The van der Waals surface area contributed by atoms with Gasteiger partial charge in [0.25, 0.3) is 0 Å². The topological polar surface area (TPSA) is 49.5 Å². The quantitative estimate of drug-likeness (QED) is 0.460. The molecule has 1 aliphatic rings.